The number of amides is 2. The first-order valence-electron chi connectivity index (χ1n) is 8.41. The van der Waals surface area contributed by atoms with Crippen LogP contribution in [0.3, 0.4) is 0 Å². The second-order valence-electron chi connectivity index (χ2n) is 6.02. The first-order chi connectivity index (χ1) is 12.5. The summed E-state index contributed by atoms with van der Waals surface area (Å²) in [5.41, 5.74) is 2.18. The Kier molecular flexibility index (Phi) is 4.89. The minimum Gasteiger partial charge on any atom is -0.507 e. The molecule has 3 aromatic rings. The van der Waals surface area contributed by atoms with Crippen molar-refractivity contribution in [1.29, 1.82) is 0 Å². The van der Waals surface area contributed by atoms with Gasteiger partial charge in [0.2, 0.25) is 0 Å². The number of aromatic hydroxyl groups is 1. The Morgan fingerprint density at radius 3 is 2.42 bits per heavy atom. The van der Waals surface area contributed by atoms with Crippen molar-refractivity contribution in [1.82, 2.24) is 0 Å². The molecule has 0 atom stereocenters. The fraction of sp³-hybridized carbons (Fsp3) is 0.143. The van der Waals surface area contributed by atoms with Crippen LogP contribution in [-0.4, -0.2) is 23.5 Å². The maximum atomic E-state index is 12.7. The van der Waals surface area contributed by atoms with Gasteiger partial charge in [0.05, 0.1) is 0 Å². The molecule has 0 saturated carbocycles. The first kappa shape index (κ1) is 17.5. The number of likely N-dealkylation sites (N-methyl/N-ethyl adjacent to an activating group) is 1. The third-order valence-electron chi connectivity index (χ3n) is 4.22. The average Bonchev–Trinajstić information content (AvgIpc) is 2.63. The summed E-state index contributed by atoms with van der Waals surface area (Å²) in [5, 5.41) is 13.9. The van der Waals surface area contributed by atoms with E-state index < -0.39 is 11.8 Å². The van der Waals surface area contributed by atoms with Crippen LogP contribution < -0.4 is 10.2 Å². The average molecular weight is 348 g/mol. The molecule has 0 fully saturated rings. The van der Waals surface area contributed by atoms with Crippen LogP contribution in [0.2, 0.25) is 0 Å². The lowest BCUT2D eigenvalue weighted by molar-refractivity contribution is -0.134. The predicted molar refractivity (Wildman–Crippen MR) is 103 cm³/mol. The molecule has 0 unspecified atom stereocenters. The molecule has 3 aromatic carbocycles. The molecule has 0 aliphatic carbocycles. The van der Waals surface area contributed by atoms with Crippen LogP contribution in [0.5, 0.6) is 5.75 Å². The maximum absolute atomic E-state index is 12.7. The molecule has 0 heterocycles. The predicted octanol–water partition coefficient (Wildman–Crippen LogP) is 3.85. The van der Waals surface area contributed by atoms with E-state index >= 15 is 0 Å². The van der Waals surface area contributed by atoms with Gasteiger partial charge in [-0.15, -0.1) is 0 Å². The highest BCUT2D eigenvalue weighted by molar-refractivity contribution is 6.44. The van der Waals surface area contributed by atoms with Crippen LogP contribution in [0, 0.1) is 6.92 Å². The monoisotopic (exact) mass is 348 g/mol. The van der Waals surface area contributed by atoms with Crippen LogP contribution in [0.4, 0.5) is 11.4 Å². The Morgan fingerprint density at radius 2 is 1.69 bits per heavy atom. The summed E-state index contributed by atoms with van der Waals surface area (Å²) in [7, 11) is 0. The van der Waals surface area contributed by atoms with Gasteiger partial charge in [-0.1, -0.05) is 36.4 Å². The van der Waals surface area contributed by atoms with Crippen LogP contribution in [-0.2, 0) is 9.59 Å². The molecular weight excluding hydrogens is 328 g/mol. The molecule has 3 rings (SSSR count). The third kappa shape index (κ3) is 3.37. The SMILES string of the molecule is CCN(C(=O)C(=O)Nc1cccc2c(O)cccc12)c1cccc(C)c1. The van der Waals surface area contributed by atoms with Crippen LogP contribution in [0.25, 0.3) is 10.8 Å². The van der Waals surface area contributed by atoms with Crippen molar-refractivity contribution in [2.45, 2.75) is 13.8 Å². The normalized spacial score (nSPS) is 10.5. The van der Waals surface area contributed by atoms with Gasteiger partial charge in [-0.25, -0.2) is 0 Å². The van der Waals surface area contributed by atoms with E-state index in [4.69, 9.17) is 0 Å². The maximum Gasteiger partial charge on any atom is 0.316 e. The second-order valence-corrected chi connectivity index (χ2v) is 6.02. The van der Waals surface area contributed by atoms with E-state index in [0.29, 0.717) is 28.7 Å². The van der Waals surface area contributed by atoms with Crippen molar-refractivity contribution in [3.63, 3.8) is 0 Å². The van der Waals surface area contributed by atoms with Gasteiger partial charge in [0.1, 0.15) is 5.75 Å². The molecule has 2 N–H and O–H groups in total. The van der Waals surface area contributed by atoms with Crippen molar-refractivity contribution in [2.75, 3.05) is 16.8 Å². The van der Waals surface area contributed by atoms with Gasteiger partial charge >= 0.3 is 11.8 Å². The molecule has 0 saturated heterocycles. The summed E-state index contributed by atoms with van der Waals surface area (Å²) >= 11 is 0. The van der Waals surface area contributed by atoms with Gasteiger partial charge in [-0.05, 0) is 43.7 Å². The van der Waals surface area contributed by atoms with E-state index in [-0.39, 0.29) is 5.75 Å². The van der Waals surface area contributed by atoms with E-state index in [1.54, 1.807) is 42.5 Å². The van der Waals surface area contributed by atoms with Gasteiger partial charge in [0.15, 0.2) is 0 Å². The quantitative estimate of drug-likeness (QED) is 0.707. The summed E-state index contributed by atoms with van der Waals surface area (Å²) in [6.07, 6.45) is 0. The molecule has 5 nitrogen and oxygen atoms in total. The zero-order valence-electron chi connectivity index (χ0n) is 14.7. The Morgan fingerprint density at radius 1 is 1.00 bits per heavy atom. The molecule has 26 heavy (non-hydrogen) atoms. The van der Waals surface area contributed by atoms with Crippen molar-refractivity contribution in [3.8, 4) is 5.75 Å². The molecule has 0 spiro atoms. The summed E-state index contributed by atoms with van der Waals surface area (Å²) in [5.74, 6) is -1.22. The summed E-state index contributed by atoms with van der Waals surface area (Å²) in [4.78, 5) is 26.6. The van der Waals surface area contributed by atoms with Crippen molar-refractivity contribution >= 4 is 34.0 Å². The zero-order valence-corrected chi connectivity index (χ0v) is 14.7. The number of hydrogen-bond donors (Lipinski definition) is 2. The van der Waals surface area contributed by atoms with Crippen molar-refractivity contribution < 1.29 is 14.7 Å². The van der Waals surface area contributed by atoms with Crippen molar-refractivity contribution in [3.05, 3.63) is 66.2 Å². The lowest BCUT2D eigenvalue weighted by atomic mass is 10.1. The number of fused-ring (bicyclic) bond motifs is 1. The summed E-state index contributed by atoms with van der Waals surface area (Å²) in [6, 6.07) is 17.7. The molecule has 0 aliphatic rings. The molecule has 0 radical (unpaired) electrons. The van der Waals surface area contributed by atoms with Crippen LogP contribution in [0.1, 0.15) is 12.5 Å². The topological polar surface area (TPSA) is 69.6 Å². The smallest absolute Gasteiger partial charge is 0.316 e. The number of rotatable bonds is 3. The number of nitrogens with zero attached hydrogens (tertiary/aromatic N) is 1. The van der Waals surface area contributed by atoms with Crippen molar-refractivity contribution in [2.24, 2.45) is 0 Å². The van der Waals surface area contributed by atoms with Gasteiger partial charge in [0, 0.05) is 28.7 Å². The highest BCUT2D eigenvalue weighted by Crippen LogP contribution is 2.29. The molecule has 0 aliphatic heterocycles. The molecule has 0 aromatic heterocycles. The Labute approximate surface area is 151 Å². The lowest BCUT2D eigenvalue weighted by Crippen LogP contribution is -2.39. The number of hydrogen-bond acceptors (Lipinski definition) is 3. The molecular formula is C21H20N2O3. The molecule has 2 amide bonds. The number of nitrogens with one attached hydrogen (secondary N) is 1. The van der Waals surface area contributed by atoms with E-state index in [1.807, 2.05) is 32.0 Å². The molecule has 5 heteroatoms. The summed E-state index contributed by atoms with van der Waals surface area (Å²) in [6.45, 7) is 4.14. The Balaban J connectivity index is 1.88. The minimum atomic E-state index is -0.718. The van der Waals surface area contributed by atoms with Gasteiger partial charge in [0.25, 0.3) is 0 Å². The highest BCUT2D eigenvalue weighted by Gasteiger charge is 2.22. The number of phenolic OH excluding ortho intramolecular Hbond substituents is 1. The van der Waals surface area contributed by atoms with E-state index in [1.165, 1.54) is 4.90 Å². The fourth-order valence-corrected chi connectivity index (χ4v) is 2.94. The van der Waals surface area contributed by atoms with Gasteiger partial charge < -0.3 is 15.3 Å². The minimum absolute atomic E-state index is 0.125. The van der Waals surface area contributed by atoms with Crippen LogP contribution >= 0.6 is 0 Å². The number of carbonyl (C=O) groups excluding carboxylic acids is 2. The summed E-state index contributed by atoms with van der Waals surface area (Å²) < 4.78 is 0. The highest BCUT2D eigenvalue weighted by atomic mass is 16.3. The number of benzene rings is 3. The molecule has 0 bridgehead atoms. The Hall–Kier alpha value is -3.34. The number of anilines is 2. The zero-order chi connectivity index (χ0) is 18.7. The standard InChI is InChI=1S/C21H20N2O3/c1-3-23(15-8-4-7-14(2)13-15)21(26)20(25)22-18-11-5-10-17-16(18)9-6-12-19(17)24/h4-13,24H,3H2,1-2H3,(H,22,25). The number of aryl methyl sites for hydroxylation is 1. The lowest BCUT2D eigenvalue weighted by Gasteiger charge is -2.21. The van der Waals surface area contributed by atoms with E-state index in [2.05, 4.69) is 5.32 Å². The van der Waals surface area contributed by atoms with E-state index in [9.17, 15) is 14.7 Å². The van der Waals surface area contributed by atoms with Gasteiger partial charge in [-0.3, -0.25) is 9.59 Å². The van der Waals surface area contributed by atoms with E-state index in [0.717, 1.165) is 5.56 Å². The number of carbonyl (C=O) groups is 2. The molecule has 132 valence electrons. The third-order valence-corrected chi connectivity index (χ3v) is 4.22. The second kappa shape index (κ2) is 7.27. The first-order valence-corrected chi connectivity index (χ1v) is 8.41. The van der Waals surface area contributed by atoms with Gasteiger partial charge in [-0.2, -0.15) is 0 Å². The largest absolute Gasteiger partial charge is 0.507 e. The number of phenols is 1. The fourth-order valence-electron chi connectivity index (χ4n) is 2.94. The van der Waals surface area contributed by atoms with Crippen LogP contribution in [0.15, 0.2) is 60.7 Å². The Bertz CT molecular complexity index is 982.